The zero-order valence-electron chi connectivity index (χ0n) is 21.1. The number of hydrogen-bond acceptors (Lipinski definition) is 8. The van der Waals surface area contributed by atoms with Crippen molar-refractivity contribution in [3.8, 4) is 22.9 Å². The average Bonchev–Trinajstić information content (AvgIpc) is 3.24. The lowest BCUT2D eigenvalue weighted by Gasteiger charge is -2.31. The maximum atomic E-state index is 12.5. The first-order chi connectivity index (χ1) is 16.1. The summed E-state index contributed by atoms with van der Waals surface area (Å²) < 4.78 is 21.7. The van der Waals surface area contributed by atoms with Crippen LogP contribution in [0, 0.1) is 0 Å². The monoisotopic (exact) mass is 472 g/mol. The van der Waals surface area contributed by atoms with Gasteiger partial charge in [-0.15, -0.1) is 10.2 Å². The second kappa shape index (κ2) is 11.0. The normalized spacial score (nSPS) is 20.1. The van der Waals surface area contributed by atoms with Crippen LogP contribution in [0.3, 0.4) is 0 Å². The fourth-order valence-corrected chi connectivity index (χ4v) is 4.12. The van der Waals surface area contributed by atoms with E-state index < -0.39 is 5.60 Å². The van der Waals surface area contributed by atoms with Gasteiger partial charge in [-0.3, -0.25) is 0 Å². The van der Waals surface area contributed by atoms with Crippen LogP contribution in [-0.4, -0.2) is 73.4 Å². The summed E-state index contributed by atoms with van der Waals surface area (Å²) in [6, 6.07) is 10.2. The van der Waals surface area contributed by atoms with Crippen LogP contribution in [0.15, 0.2) is 30.3 Å². The van der Waals surface area contributed by atoms with Gasteiger partial charge in [-0.05, 0) is 39.2 Å². The molecule has 3 rings (SSSR count). The minimum absolute atomic E-state index is 0.0386. The molecule has 1 aromatic heterocycles. The van der Waals surface area contributed by atoms with Crippen molar-refractivity contribution in [2.45, 2.75) is 63.9 Å². The smallest absolute Gasteiger partial charge is 0.410 e. The molecule has 9 nitrogen and oxygen atoms in total. The number of hydrogen-bond donors (Lipinski definition) is 1. The standard InChI is InChI=1S/C25H36N4O5/c1-25(2,3)34-24(30)29(4)20-12-18(13-21(20)31-5)26-15-16-8-10-17(11-9-16)19-14-22(32-6)23(33-7)28-27-19/h8-11,14,18,20-21,26H,12-13,15H2,1-7H3/t18-,20?,21-/m1/s1. The molecule has 1 aliphatic rings. The Morgan fingerprint density at radius 2 is 1.79 bits per heavy atom. The quantitative estimate of drug-likeness (QED) is 0.622. The minimum atomic E-state index is -0.529. The largest absolute Gasteiger partial charge is 0.491 e. The van der Waals surface area contributed by atoms with Crippen molar-refractivity contribution in [1.82, 2.24) is 20.4 Å². The van der Waals surface area contributed by atoms with Crippen molar-refractivity contribution < 1.29 is 23.7 Å². The van der Waals surface area contributed by atoms with Gasteiger partial charge in [-0.1, -0.05) is 24.3 Å². The predicted octanol–water partition coefficient (Wildman–Crippen LogP) is 3.66. The van der Waals surface area contributed by atoms with Gasteiger partial charge in [-0.2, -0.15) is 0 Å². The zero-order valence-corrected chi connectivity index (χ0v) is 21.1. The van der Waals surface area contributed by atoms with Crippen molar-refractivity contribution in [1.29, 1.82) is 0 Å². The summed E-state index contributed by atoms with van der Waals surface area (Å²) in [5, 5.41) is 11.9. The molecule has 0 saturated heterocycles. The number of rotatable bonds is 8. The van der Waals surface area contributed by atoms with Crippen LogP contribution < -0.4 is 14.8 Å². The fraction of sp³-hybridized carbons (Fsp3) is 0.560. The van der Waals surface area contributed by atoms with Crippen LogP contribution in [0.5, 0.6) is 11.6 Å². The summed E-state index contributed by atoms with van der Waals surface area (Å²) in [7, 11) is 6.58. The molecule has 2 aromatic rings. The molecular formula is C25H36N4O5. The highest BCUT2D eigenvalue weighted by molar-refractivity contribution is 5.68. The van der Waals surface area contributed by atoms with Crippen molar-refractivity contribution in [2.75, 3.05) is 28.4 Å². The lowest BCUT2D eigenvalue weighted by Crippen LogP contribution is -2.44. The fourth-order valence-electron chi connectivity index (χ4n) is 4.12. The van der Waals surface area contributed by atoms with Gasteiger partial charge in [-0.25, -0.2) is 4.79 Å². The van der Waals surface area contributed by atoms with E-state index in [9.17, 15) is 4.79 Å². The predicted molar refractivity (Wildman–Crippen MR) is 129 cm³/mol. The molecule has 186 valence electrons. The van der Waals surface area contributed by atoms with Crippen molar-refractivity contribution in [3.05, 3.63) is 35.9 Å². The SMILES string of the molecule is COc1cc(-c2ccc(CN[C@@H]3CC(N(C)C(=O)OC(C)(C)C)[C@H](OC)C3)cc2)nnc1OC. The number of nitrogens with one attached hydrogen (secondary N) is 1. The van der Waals surface area contributed by atoms with Gasteiger partial charge in [0.2, 0.25) is 0 Å². The number of methoxy groups -OCH3 is 3. The lowest BCUT2D eigenvalue weighted by molar-refractivity contribution is -0.000463. The van der Waals surface area contributed by atoms with E-state index in [1.54, 1.807) is 26.2 Å². The highest BCUT2D eigenvalue weighted by atomic mass is 16.6. The van der Waals surface area contributed by atoms with Gasteiger partial charge in [0, 0.05) is 38.4 Å². The number of nitrogens with zero attached hydrogens (tertiary/aromatic N) is 3. The number of benzene rings is 1. The third-order valence-corrected chi connectivity index (χ3v) is 5.94. The summed E-state index contributed by atoms with van der Waals surface area (Å²) in [5.74, 6) is 0.895. The van der Waals surface area contributed by atoms with Crippen LogP contribution in [0.4, 0.5) is 4.79 Å². The molecule has 0 bridgehead atoms. The molecule has 34 heavy (non-hydrogen) atoms. The minimum Gasteiger partial charge on any atom is -0.491 e. The summed E-state index contributed by atoms with van der Waals surface area (Å²) in [5.41, 5.74) is 2.27. The van der Waals surface area contributed by atoms with E-state index in [2.05, 4.69) is 27.6 Å². The third-order valence-electron chi connectivity index (χ3n) is 5.94. The number of aromatic nitrogens is 2. The van der Waals surface area contributed by atoms with Crippen LogP contribution >= 0.6 is 0 Å². The third kappa shape index (κ3) is 6.36. The number of amides is 1. The van der Waals surface area contributed by atoms with E-state index in [4.69, 9.17) is 18.9 Å². The summed E-state index contributed by atoms with van der Waals surface area (Å²) in [6.07, 6.45) is 1.26. The van der Waals surface area contributed by atoms with Crippen molar-refractivity contribution in [3.63, 3.8) is 0 Å². The molecule has 1 saturated carbocycles. The molecule has 0 radical (unpaired) electrons. The van der Waals surface area contributed by atoms with Crippen LogP contribution in [0.25, 0.3) is 11.3 Å². The molecule has 1 fully saturated rings. The van der Waals surface area contributed by atoms with E-state index in [0.29, 0.717) is 23.9 Å². The van der Waals surface area contributed by atoms with Gasteiger partial charge in [0.15, 0.2) is 5.75 Å². The summed E-state index contributed by atoms with van der Waals surface area (Å²) in [6.45, 7) is 6.32. The first kappa shape index (κ1) is 25.7. The molecule has 1 N–H and O–H groups in total. The van der Waals surface area contributed by atoms with E-state index in [1.807, 2.05) is 39.0 Å². The molecule has 1 amide bonds. The van der Waals surface area contributed by atoms with E-state index >= 15 is 0 Å². The van der Waals surface area contributed by atoms with Crippen LogP contribution in [0.1, 0.15) is 39.2 Å². The first-order valence-electron chi connectivity index (χ1n) is 11.4. The number of carbonyl (C=O) groups excluding carboxylic acids is 1. The Kier molecular flexibility index (Phi) is 8.33. The van der Waals surface area contributed by atoms with Crippen LogP contribution in [0.2, 0.25) is 0 Å². The Morgan fingerprint density at radius 1 is 1.09 bits per heavy atom. The zero-order chi connectivity index (χ0) is 24.9. The molecule has 1 aromatic carbocycles. The van der Waals surface area contributed by atoms with E-state index in [-0.39, 0.29) is 24.3 Å². The molecule has 3 atom stereocenters. The molecule has 9 heteroatoms. The summed E-state index contributed by atoms with van der Waals surface area (Å²) >= 11 is 0. The Hall–Kier alpha value is -2.91. The number of carbonyl (C=O) groups is 1. The Labute approximate surface area is 201 Å². The van der Waals surface area contributed by atoms with Gasteiger partial charge in [0.05, 0.1) is 32.1 Å². The molecular weight excluding hydrogens is 436 g/mol. The van der Waals surface area contributed by atoms with E-state index in [1.165, 1.54) is 7.11 Å². The van der Waals surface area contributed by atoms with Gasteiger partial charge >= 0.3 is 6.09 Å². The molecule has 0 spiro atoms. The maximum Gasteiger partial charge on any atom is 0.410 e. The first-order valence-corrected chi connectivity index (χ1v) is 11.4. The molecule has 1 aliphatic carbocycles. The second-order valence-corrected chi connectivity index (χ2v) is 9.49. The van der Waals surface area contributed by atoms with Gasteiger partial charge < -0.3 is 29.2 Å². The average molecular weight is 473 g/mol. The number of likely N-dealkylation sites (N-methyl/N-ethyl adjacent to an activating group) is 1. The highest BCUT2D eigenvalue weighted by Crippen LogP contribution is 2.29. The Balaban J connectivity index is 1.59. The van der Waals surface area contributed by atoms with Crippen molar-refractivity contribution >= 4 is 6.09 Å². The second-order valence-electron chi connectivity index (χ2n) is 9.49. The van der Waals surface area contributed by atoms with Crippen LogP contribution in [-0.2, 0) is 16.0 Å². The van der Waals surface area contributed by atoms with Gasteiger partial charge in [0.25, 0.3) is 5.88 Å². The topological polar surface area (TPSA) is 95.0 Å². The molecule has 0 aliphatic heterocycles. The molecule has 1 heterocycles. The van der Waals surface area contributed by atoms with Gasteiger partial charge in [0.1, 0.15) is 5.60 Å². The maximum absolute atomic E-state index is 12.5. The van der Waals surface area contributed by atoms with Crippen molar-refractivity contribution in [2.24, 2.45) is 0 Å². The summed E-state index contributed by atoms with van der Waals surface area (Å²) in [4.78, 5) is 14.2. The Morgan fingerprint density at radius 3 is 2.38 bits per heavy atom. The lowest BCUT2D eigenvalue weighted by atomic mass is 10.1. The Bertz CT molecular complexity index is 961. The number of ether oxygens (including phenoxy) is 4. The molecule has 1 unspecified atom stereocenters. The van der Waals surface area contributed by atoms with E-state index in [0.717, 1.165) is 24.0 Å². The highest BCUT2D eigenvalue weighted by Gasteiger charge is 2.39.